The van der Waals surface area contributed by atoms with Crippen molar-refractivity contribution in [2.75, 3.05) is 13.1 Å². The Balaban J connectivity index is 0.000000406. The molecule has 2 aromatic carbocycles. The second-order valence-corrected chi connectivity index (χ2v) is 9.42. The number of halogens is 3. The second-order valence-electron chi connectivity index (χ2n) is 8.34. The molecule has 4 rings (SSSR count). The number of carboxylic acids is 1. The Morgan fingerprint density at radius 3 is 2.44 bits per heavy atom. The van der Waals surface area contributed by atoms with Crippen molar-refractivity contribution in [2.45, 2.75) is 44.9 Å². The lowest BCUT2D eigenvalue weighted by molar-refractivity contribution is -0.192. The summed E-state index contributed by atoms with van der Waals surface area (Å²) < 4.78 is 32.9. The molecule has 3 aromatic rings. The number of benzene rings is 2. The molecule has 1 aliphatic rings. The SMILES string of the molecule is Cc1ccc(CN2CCCCC(NC(=O)c3cc4ccccc4s3)C2)cc1.O=C(O)C(F)(F)F. The van der Waals surface area contributed by atoms with Crippen molar-refractivity contribution in [1.29, 1.82) is 0 Å². The molecule has 182 valence electrons. The van der Waals surface area contributed by atoms with Crippen LogP contribution < -0.4 is 5.32 Å². The molecule has 0 aliphatic carbocycles. The van der Waals surface area contributed by atoms with Gasteiger partial charge in [-0.25, -0.2) is 4.79 Å². The fraction of sp³-hybridized carbons (Fsp3) is 0.360. The Morgan fingerprint density at radius 1 is 1.12 bits per heavy atom. The molecule has 9 heteroatoms. The van der Waals surface area contributed by atoms with Crippen molar-refractivity contribution in [3.63, 3.8) is 0 Å². The number of fused-ring (bicyclic) bond motifs is 1. The van der Waals surface area contributed by atoms with Gasteiger partial charge in [0.05, 0.1) is 4.88 Å². The van der Waals surface area contributed by atoms with E-state index in [1.807, 2.05) is 18.2 Å². The molecule has 1 amide bonds. The van der Waals surface area contributed by atoms with Crippen molar-refractivity contribution in [1.82, 2.24) is 10.2 Å². The number of aryl methyl sites for hydroxylation is 1. The number of thiophene rings is 1. The first-order valence-electron chi connectivity index (χ1n) is 11.0. The van der Waals surface area contributed by atoms with Crippen LogP contribution in [0.2, 0.25) is 0 Å². The molecule has 1 aliphatic heterocycles. The lowest BCUT2D eigenvalue weighted by Crippen LogP contribution is -2.42. The van der Waals surface area contributed by atoms with Crippen LogP contribution in [0.25, 0.3) is 10.1 Å². The number of amides is 1. The number of rotatable bonds is 4. The summed E-state index contributed by atoms with van der Waals surface area (Å²) in [5.74, 6) is -2.69. The number of carboxylic acid groups (broad SMARTS) is 1. The van der Waals surface area contributed by atoms with E-state index in [0.717, 1.165) is 36.3 Å². The van der Waals surface area contributed by atoms with Crippen LogP contribution in [0, 0.1) is 6.92 Å². The minimum Gasteiger partial charge on any atom is -0.475 e. The van der Waals surface area contributed by atoms with Crippen molar-refractivity contribution in [3.05, 3.63) is 70.6 Å². The molecule has 34 heavy (non-hydrogen) atoms. The van der Waals surface area contributed by atoms with Gasteiger partial charge in [-0.2, -0.15) is 13.2 Å². The smallest absolute Gasteiger partial charge is 0.475 e. The van der Waals surface area contributed by atoms with Gasteiger partial charge < -0.3 is 10.4 Å². The predicted molar refractivity (Wildman–Crippen MR) is 127 cm³/mol. The van der Waals surface area contributed by atoms with Crippen LogP contribution in [0.5, 0.6) is 0 Å². The van der Waals surface area contributed by atoms with E-state index in [1.165, 1.54) is 28.7 Å². The van der Waals surface area contributed by atoms with Crippen LogP contribution in [0.15, 0.2) is 54.6 Å². The van der Waals surface area contributed by atoms with E-state index in [-0.39, 0.29) is 11.9 Å². The molecule has 5 nitrogen and oxygen atoms in total. The lowest BCUT2D eigenvalue weighted by Gasteiger charge is -2.25. The molecule has 1 fully saturated rings. The maximum Gasteiger partial charge on any atom is 0.490 e. The summed E-state index contributed by atoms with van der Waals surface area (Å²) in [6.07, 6.45) is -1.66. The van der Waals surface area contributed by atoms with Crippen LogP contribution >= 0.6 is 11.3 Å². The summed E-state index contributed by atoms with van der Waals surface area (Å²) in [5.41, 5.74) is 2.64. The standard InChI is InChI=1S/C23H26N2OS.C2HF3O2/c1-17-9-11-18(12-10-17)15-25-13-5-4-7-20(16-25)24-23(26)22-14-19-6-2-3-8-21(19)27-22;3-2(4,5)1(6)7/h2-3,6,8-12,14,20H,4-5,7,13,15-16H2,1H3,(H,24,26);(H,6,7). The Kier molecular flexibility index (Phi) is 8.68. The van der Waals surface area contributed by atoms with Gasteiger partial charge in [0.15, 0.2) is 0 Å². The van der Waals surface area contributed by atoms with Gasteiger partial charge in [-0.05, 0) is 49.4 Å². The average molecular weight is 493 g/mol. The first-order chi connectivity index (χ1) is 16.1. The normalized spacial score (nSPS) is 16.9. The molecule has 0 spiro atoms. The van der Waals surface area contributed by atoms with Crippen molar-refractivity contribution in [3.8, 4) is 0 Å². The topological polar surface area (TPSA) is 69.6 Å². The summed E-state index contributed by atoms with van der Waals surface area (Å²) in [7, 11) is 0. The average Bonchev–Trinajstić information content (AvgIpc) is 3.10. The van der Waals surface area contributed by atoms with Crippen LogP contribution in [0.1, 0.15) is 40.1 Å². The lowest BCUT2D eigenvalue weighted by atomic mass is 10.1. The zero-order valence-corrected chi connectivity index (χ0v) is 19.6. The molecule has 0 radical (unpaired) electrons. The number of likely N-dealkylation sites (tertiary alicyclic amines) is 1. The number of aliphatic carboxylic acids is 1. The number of carbonyl (C=O) groups is 2. The maximum absolute atomic E-state index is 12.8. The molecule has 1 atom stereocenters. The first kappa shape index (κ1) is 25.7. The van der Waals surface area contributed by atoms with Crippen molar-refractivity contribution in [2.24, 2.45) is 0 Å². The number of hydrogen-bond donors (Lipinski definition) is 2. The molecule has 1 aromatic heterocycles. The van der Waals surface area contributed by atoms with Crippen LogP contribution in [0.3, 0.4) is 0 Å². The fourth-order valence-corrected chi connectivity index (χ4v) is 4.75. The summed E-state index contributed by atoms with van der Waals surface area (Å²) in [6, 6.07) is 19.2. The monoisotopic (exact) mass is 492 g/mol. The van der Waals surface area contributed by atoms with Crippen LogP contribution in [-0.4, -0.2) is 47.2 Å². The van der Waals surface area contributed by atoms with E-state index in [0.29, 0.717) is 0 Å². The van der Waals surface area contributed by atoms with Gasteiger partial charge in [-0.1, -0.05) is 54.4 Å². The van der Waals surface area contributed by atoms with Gasteiger partial charge in [0.25, 0.3) is 5.91 Å². The molecular weight excluding hydrogens is 465 g/mol. The second kappa shape index (κ2) is 11.5. The van der Waals surface area contributed by atoms with E-state index < -0.39 is 12.1 Å². The summed E-state index contributed by atoms with van der Waals surface area (Å²) in [6.45, 7) is 5.10. The van der Waals surface area contributed by atoms with Gasteiger partial charge in [0, 0.05) is 23.8 Å². The highest BCUT2D eigenvalue weighted by Crippen LogP contribution is 2.25. The Morgan fingerprint density at radius 2 is 1.79 bits per heavy atom. The zero-order chi connectivity index (χ0) is 24.7. The number of carbonyl (C=O) groups excluding carboxylic acids is 1. The van der Waals surface area contributed by atoms with E-state index in [2.05, 4.69) is 53.5 Å². The highest BCUT2D eigenvalue weighted by atomic mass is 32.1. The summed E-state index contributed by atoms with van der Waals surface area (Å²) in [4.78, 5) is 25.0. The van der Waals surface area contributed by atoms with Gasteiger partial charge in [0.1, 0.15) is 0 Å². The number of nitrogens with one attached hydrogen (secondary N) is 1. The summed E-state index contributed by atoms with van der Waals surface area (Å²) >= 11 is 1.58. The molecule has 2 heterocycles. The zero-order valence-electron chi connectivity index (χ0n) is 18.8. The summed E-state index contributed by atoms with van der Waals surface area (Å²) in [5, 5.41) is 11.6. The predicted octanol–water partition coefficient (Wildman–Crippen LogP) is 5.63. The molecule has 0 saturated carbocycles. The van der Waals surface area contributed by atoms with Gasteiger partial charge in [-0.15, -0.1) is 11.3 Å². The van der Waals surface area contributed by atoms with E-state index in [9.17, 15) is 18.0 Å². The van der Waals surface area contributed by atoms with Crippen LogP contribution in [0.4, 0.5) is 13.2 Å². The highest BCUT2D eigenvalue weighted by Gasteiger charge is 2.38. The molecular formula is C25H27F3N2O3S. The fourth-order valence-electron chi connectivity index (χ4n) is 3.78. The number of hydrogen-bond acceptors (Lipinski definition) is 4. The quantitative estimate of drug-likeness (QED) is 0.496. The maximum atomic E-state index is 12.8. The third kappa shape index (κ3) is 7.56. The largest absolute Gasteiger partial charge is 0.490 e. The minimum absolute atomic E-state index is 0.0679. The molecule has 1 unspecified atom stereocenters. The van der Waals surface area contributed by atoms with E-state index >= 15 is 0 Å². The third-order valence-electron chi connectivity index (χ3n) is 5.51. The van der Waals surface area contributed by atoms with Gasteiger partial charge in [-0.3, -0.25) is 9.69 Å². The third-order valence-corrected chi connectivity index (χ3v) is 6.62. The minimum atomic E-state index is -5.08. The van der Waals surface area contributed by atoms with Gasteiger partial charge >= 0.3 is 12.1 Å². The number of nitrogens with zero attached hydrogens (tertiary/aromatic N) is 1. The Hall–Kier alpha value is -2.91. The van der Waals surface area contributed by atoms with E-state index in [1.54, 1.807) is 11.3 Å². The Labute approximate surface area is 200 Å². The van der Waals surface area contributed by atoms with Crippen LogP contribution in [-0.2, 0) is 11.3 Å². The van der Waals surface area contributed by atoms with Crippen molar-refractivity contribution < 1.29 is 27.9 Å². The molecule has 0 bridgehead atoms. The van der Waals surface area contributed by atoms with Crippen molar-refractivity contribution >= 4 is 33.3 Å². The molecule has 2 N–H and O–H groups in total. The number of alkyl halides is 3. The molecule has 1 saturated heterocycles. The Bertz CT molecular complexity index is 1080. The highest BCUT2D eigenvalue weighted by molar-refractivity contribution is 7.20. The van der Waals surface area contributed by atoms with E-state index in [4.69, 9.17) is 9.90 Å². The first-order valence-corrected chi connectivity index (χ1v) is 11.8. The van der Waals surface area contributed by atoms with Gasteiger partial charge in [0.2, 0.25) is 0 Å².